The molecule has 2 aliphatic rings. The Bertz CT molecular complexity index is 2130. The molecule has 2 aromatic carbocycles. The Morgan fingerprint density at radius 3 is 2.47 bits per heavy atom. The minimum Gasteiger partial charge on any atom is -0.496 e. The van der Waals surface area contributed by atoms with Crippen molar-refractivity contribution in [2.75, 3.05) is 58.4 Å². The largest absolute Gasteiger partial charge is 0.496 e. The van der Waals surface area contributed by atoms with Crippen molar-refractivity contribution in [3.05, 3.63) is 89.8 Å². The van der Waals surface area contributed by atoms with Crippen LogP contribution in [0.25, 0.3) is 27.6 Å². The SMILES string of the molecule is COc1ccccc1-c1cc(C2=CCCN(C(=O)CCn3ccnn3)C2)c(F)c2[nH]c(C(=O)N3CCN(c4ncc(F)c(F)c4OC)CC3)cc12. The first-order chi connectivity index (χ1) is 24.8. The monoisotopic (exact) mass is 700 g/mol. The summed E-state index contributed by atoms with van der Waals surface area (Å²) in [7, 11) is 2.80. The number of aromatic nitrogens is 5. The number of carbonyl (C=O) groups is 2. The summed E-state index contributed by atoms with van der Waals surface area (Å²) in [6.45, 7) is 2.18. The number of methoxy groups -OCH3 is 2. The van der Waals surface area contributed by atoms with E-state index in [1.165, 1.54) is 7.11 Å². The van der Waals surface area contributed by atoms with Crippen LogP contribution in [0.2, 0.25) is 0 Å². The van der Waals surface area contributed by atoms with E-state index in [0.717, 1.165) is 6.20 Å². The van der Waals surface area contributed by atoms with Gasteiger partial charge in [0.05, 0.1) is 38.7 Å². The number of hydrogen-bond acceptors (Lipinski definition) is 8. The number of para-hydroxylation sites is 1. The van der Waals surface area contributed by atoms with Gasteiger partial charge in [0.1, 0.15) is 11.4 Å². The first-order valence-electron chi connectivity index (χ1n) is 16.5. The van der Waals surface area contributed by atoms with Gasteiger partial charge in [0, 0.05) is 68.4 Å². The molecule has 1 saturated heterocycles. The quantitative estimate of drug-likeness (QED) is 0.230. The number of hydrogen-bond donors (Lipinski definition) is 1. The zero-order valence-electron chi connectivity index (χ0n) is 28.0. The summed E-state index contributed by atoms with van der Waals surface area (Å²) in [4.78, 5) is 39.2. The van der Waals surface area contributed by atoms with Crippen molar-refractivity contribution < 1.29 is 32.2 Å². The Hall–Kier alpha value is -5.86. The highest BCUT2D eigenvalue weighted by Crippen LogP contribution is 2.40. The lowest BCUT2D eigenvalue weighted by Gasteiger charge is -2.35. The van der Waals surface area contributed by atoms with Crippen LogP contribution in [-0.2, 0) is 11.3 Å². The number of rotatable bonds is 9. The van der Waals surface area contributed by atoms with Crippen LogP contribution in [0.3, 0.4) is 0 Å². The van der Waals surface area contributed by atoms with Crippen LogP contribution < -0.4 is 14.4 Å². The van der Waals surface area contributed by atoms with Crippen molar-refractivity contribution in [2.45, 2.75) is 19.4 Å². The van der Waals surface area contributed by atoms with Crippen LogP contribution in [0.1, 0.15) is 28.9 Å². The smallest absolute Gasteiger partial charge is 0.270 e. The molecule has 3 aromatic heterocycles. The number of aromatic amines is 1. The van der Waals surface area contributed by atoms with Crippen molar-refractivity contribution in [2.24, 2.45) is 0 Å². The van der Waals surface area contributed by atoms with Crippen LogP contribution in [0.15, 0.2) is 61.1 Å². The minimum atomic E-state index is -1.13. The number of fused-ring (bicyclic) bond motifs is 1. The number of anilines is 1. The molecule has 7 rings (SSSR count). The summed E-state index contributed by atoms with van der Waals surface area (Å²) >= 11 is 0. The van der Waals surface area contributed by atoms with Gasteiger partial charge in [-0.05, 0) is 35.8 Å². The lowest BCUT2D eigenvalue weighted by atomic mass is 9.93. The second-order valence-corrected chi connectivity index (χ2v) is 12.3. The molecule has 0 radical (unpaired) electrons. The molecule has 51 heavy (non-hydrogen) atoms. The summed E-state index contributed by atoms with van der Waals surface area (Å²) in [6.07, 6.45) is 6.78. The molecular weight excluding hydrogens is 665 g/mol. The van der Waals surface area contributed by atoms with Crippen LogP contribution in [0, 0.1) is 17.5 Å². The molecule has 15 heteroatoms. The third-order valence-corrected chi connectivity index (χ3v) is 9.34. The average Bonchev–Trinajstić information content (AvgIpc) is 3.86. The van der Waals surface area contributed by atoms with Crippen molar-refractivity contribution in [1.82, 2.24) is 34.8 Å². The molecule has 0 unspecified atom stereocenters. The highest BCUT2D eigenvalue weighted by Gasteiger charge is 2.30. The first kappa shape index (κ1) is 33.6. The van der Waals surface area contributed by atoms with E-state index in [-0.39, 0.29) is 73.7 Å². The molecule has 1 N–H and O–H groups in total. The van der Waals surface area contributed by atoms with E-state index in [4.69, 9.17) is 9.47 Å². The summed E-state index contributed by atoms with van der Waals surface area (Å²) in [5.41, 5.74) is 2.69. The predicted octanol–water partition coefficient (Wildman–Crippen LogP) is 4.92. The van der Waals surface area contributed by atoms with Gasteiger partial charge in [-0.25, -0.2) is 13.8 Å². The van der Waals surface area contributed by atoms with Crippen molar-refractivity contribution in [1.29, 1.82) is 0 Å². The summed E-state index contributed by atoms with van der Waals surface area (Å²) in [5, 5.41) is 8.20. The van der Waals surface area contributed by atoms with Crippen molar-refractivity contribution in [3.63, 3.8) is 0 Å². The zero-order valence-corrected chi connectivity index (χ0v) is 28.0. The lowest BCUT2D eigenvalue weighted by Crippen LogP contribution is -2.49. The Morgan fingerprint density at radius 2 is 1.73 bits per heavy atom. The number of carbonyl (C=O) groups excluding carboxylic acids is 2. The second kappa shape index (κ2) is 14.2. The molecule has 0 saturated carbocycles. The number of halogens is 3. The molecule has 264 valence electrons. The van der Waals surface area contributed by atoms with Gasteiger partial charge in [-0.1, -0.05) is 29.5 Å². The van der Waals surface area contributed by atoms with E-state index >= 15 is 4.39 Å². The van der Waals surface area contributed by atoms with Gasteiger partial charge in [0.15, 0.2) is 17.5 Å². The fourth-order valence-electron chi connectivity index (χ4n) is 6.71. The number of nitrogens with zero attached hydrogens (tertiary/aromatic N) is 7. The van der Waals surface area contributed by atoms with E-state index in [2.05, 4.69) is 20.3 Å². The molecular formula is C36H35F3N8O4. The van der Waals surface area contributed by atoms with Crippen LogP contribution >= 0.6 is 0 Å². The van der Waals surface area contributed by atoms with Crippen molar-refractivity contribution in [3.8, 4) is 22.6 Å². The predicted molar refractivity (Wildman–Crippen MR) is 183 cm³/mol. The van der Waals surface area contributed by atoms with Gasteiger partial charge in [0.2, 0.25) is 17.5 Å². The van der Waals surface area contributed by atoms with Crippen LogP contribution in [0.5, 0.6) is 11.5 Å². The van der Waals surface area contributed by atoms with Gasteiger partial charge in [-0.3, -0.25) is 14.3 Å². The Morgan fingerprint density at radius 1 is 0.922 bits per heavy atom. The lowest BCUT2D eigenvalue weighted by molar-refractivity contribution is -0.131. The average molecular weight is 701 g/mol. The first-order valence-corrected chi connectivity index (χ1v) is 16.5. The molecule has 0 aliphatic carbocycles. The Kier molecular flexibility index (Phi) is 9.34. The Balaban J connectivity index is 1.18. The summed E-state index contributed by atoms with van der Waals surface area (Å²) < 4.78 is 57.1. The van der Waals surface area contributed by atoms with Gasteiger partial charge in [-0.2, -0.15) is 4.39 Å². The van der Waals surface area contributed by atoms with E-state index in [9.17, 15) is 18.4 Å². The molecule has 5 aromatic rings. The zero-order chi connectivity index (χ0) is 35.6. The van der Waals surface area contributed by atoms with E-state index in [0.29, 0.717) is 52.9 Å². The maximum Gasteiger partial charge on any atom is 0.270 e. The number of amides is 2. The molecule has 12 nitrogen and oxygen atoms in total. The van der Waals surface area contributed by atoms with Gasteiger partial charge in [-0.15, -0.1) is 5.10 Å². The fraction of sp³-hybridized carbons (Fsp3) is 0.306. The third-order valence-electron chi connectivity index (χ3n) is 9.34. The number of pyridine rings is 1. The summed E-state index contributed by atoms with van der Waals surface area (Å²) in [5.74, 6) is -2.77. The number of ether oxygens (including phenoxy) is 2. The number of benzene rings is 2. The normalized spacial score (nSPS) is 14.9. The summed E-state index contributed by atoms with van der Waals surface area (Å²) in [6, 6.07) is 10.8. The number of H-pyrrole nitrogens is 1. The third kappa shape index (κ3) is 6.46. The highest BCUT2D eigenvalue weighted by molar-refractivity contribution is 6.05. The molecule has 0 atom stereocenters. The molecule has 0 spiro atoms. The number of piperazine rings is 1. The highest BCUT2D eigenvalue weighted by atomic mass is 19.2. The minimum absolute atomic E-state index is 0.0748. The molecule has 2 aliphatic heterocycles. The Labute approximate surface area is 291 Å². The number of nitrogens with one attached hydrogen (secondary N) is 1. The second-order valence-electron chi connectivity index (χ2n) is 12.3. The molecule has 1 fully saturated rings. The van der Waals surface area contributed by atoms with E-state index < -0.39 is 17.5 Å². The van der Waals surface area contributed by atoms with Gasteiger partial charge in [0.25, 0.3) is 5.91 Å². The van der Waals surface area contributed by atoms with E-state index in [1.54, 1.807) is 51.0 Å². The maximum atomic E-state index is 16.7. The number of aryl methyl sites for hydroxylation is 1. The topological polar surface area (TPSA) is 122 Å². The van der Waals surface area contributed by atoms with Crippen LogP contribution in [-0.4, -0.2) is 100 Å². The standard InChI is InChI=1S/C36H35F3N8O4/c1-50-29-8-4-3-7-23(29)25-18-24(22-6-5-11-46(21-22)30(48)9-12-47-13-10-41-43-47)31(38)33-26(25)19-28(42-33)36(49)45-16-14-44(15-17-45)35-34(51-2)32(39)27(37)20-40-35/h3-4,6-8,10,13,18-20,42H,5,9,11-12,14-17,21H2,1-2H3. The van der Waals surface area contributed by atoms with Gasteiger partial charge >= 0.3 is 0 Å². The molecule has 2 amide bonds. The maximum absolute atomic E-state index is 16.7. The fourth-order valence-corrected chi connectivity index (χ4v) is 6.71. The molecule has 0 bridgehead atoms. The van der Waals surface area contributed by atoms with Crippen molar-refractivity contribution >= 4 is 34.1 Å². The van der Waals surface area contributed by atoms with Crippen LogP contribution in [0.4, 0.5) is 19.0 Å². The van der Waals surface area contributed by atoms with Gasteiger partial charge < -0.3 is 29.2 Å². The van der Waals surface area contributed by atoms with E-state index in [1.807, 2.05) is 30.3 Å². The molecule has 5 heterocycles.